The average Bonchev–Trinajstić information content (AvgIpc) is 2.33. The van der Waals surface area contributed by atoms with Gasteiger partial charge in [-0.05, 0) is 12.8 Å². The molecule has 0 fully saturated rings. The van der Waals surface area contributed by atoms with Gasteiger partial charge in [-0.3, -0.25) is 4.79 Å². The first-order valence-electron chi connectivity index (χ1n) is 6.92. The van der Waals surface area contributed by atoms with Crippen LogP contribution in [0.5, 0.6) is 0 Å². The summed E-state index contributed by atoms with van der Waals surface area (Å²) in [5.74, 6) is -1.01. The molecule has 0 aromatic carbocycles. The highest BCUT2D eigenvalue weighted by molar-refractivity contribution is 6.33. The molecule has 0 aliphatic heterocycles. The molecule has 0 saturated carbocycles. The van der Waals surface area contributed by atoms with Crippen molar-refractivity contribution in [2.24, 2.45) is 0 Å². The number of esters is 1. The minimum atomic E-state index is -0.646. The molecule has 0 aliphatic carbocycles. The Morgan fingerprint density at radius 3 is 2.06 bits per heavy atom. The fourth-order valence-electron chi connectivity index (χ4n) is 1.56. The van der Waals surface area contributed by atoms with E-state index < -0.39 is 5.97 Å². The van der Waals surface area contributed by atoms with Crippen LogP contribution in [0, 0.1) is 0 Å². The molecule has 0 aromatic rings. The molecule has 100 valence electrons. The largest absolute Gasteiger partial charge is 0.460 e. The van der Waals surface area contributed by atoms with Gasteiger partial charge in [0.25, 0.3) is 0 Å². The Balaban J connectivity index is 3.41. The highest BCUT2D eigenvalue weighted by atomic mass is 16.5. The van der Waals surface area contributed by atoms with Crippen LogP contribution in [-0.4, -0.2) is 18.4 Å². The van der Waals surface area contributed by atoms with Crippen LogP contribution in [-0.2, 0) is 14.3 Å². The van der Waals surface area contributed by atoms with Crippen LogP contribution < -0.4 is 0 Å². The fraction of sp³-hybridized carbons (Fsp3) is 0.857. The lowest BCUT2D eigenvalue weighted by Gasteiger charge is -2.03. The Hall–Kier alpha value is -0.860. The summed E-state index contributed by atoms with van der Waals surface area (Å²) in [7, 11) is 0. The Kier molecular flexibility index (Phi) is 11.0. The van der Waals surface area contributed by atoms with Gasteiger partial charge < -0.3 is 4.74 Å². The molecule has 0 amide bonds. The van der Waals surface area contributed by atoms with Gasteiger partial charge in [0, 0.05) is 6.42 Å². The van der Waals surface area contributed by atoms with Crippen LogP contribution in [0.1, 0.15) is 71.6 Å². The normalized spacial score (nSPS) is 10.2. The Bertz CT molecular complexity index is 212. The third-order valence-electron chi connectivity index (χ3n) is 2.72. The van der Waals surface area contributed by atoms with Crippen LogP contribution in [0.4, 0.5) is 0 Å². The Morgan fingerprint density at radius 1 is 0.824 bits per heavy atom. The monoisotopic (exact) mass is 242 g/mol. The first-order chi connectivity index (χ1) is 8.22. The van der Waals surface area contributed by atoms with E-state index in [9.17, 15) is 9.59 Å². The van der Waals surface area contributed by atoms with Crippen molar-refractivity contribution in [3.05, 3.63) is 0 Å². The highest BCUT2D eigenvalue weighted by Gasteiger charge is 2.13. The molecular weight excluding hydrogens is 216 g/mol. The number of carbonyl (C=O) groups is 2. The third kappa shape index (κ3) is 10.0. The van der Waals surface area contributed by atoms with E-state index in [2.05, 4.69) is 6.92 Å². The summed E-state index contributed by atoms with van der Waals surface area (Å²) in [5.41, 5.74) is 0. The molecule has 0 spiro atoms. The molecule has 0 bridgehead atoms. The second-order valence-electron chi connectivity index (χ2n) is 4.43. The van der Waals surface area contributed by atoms with Crippen molar-refractivity contribution in [1.29, 1.82) is 0 Å². The van der Waals surface area contributed by atoms with Gasteiger partial charge in [-0.1, -0.05) is 52.4 Å². The van der Waals surface area contributed by atoms with E-state index in [1.165, 1.54) is 19.3 Å². The fourth-order valence-corrected chi connectivity index (χ4v) is 1.56. The Labute approximate surface area is 105 Å². The molecule has 0 aliphatic rings. The Morgan fingerprint density at radius 2 is 1.41 bits per heavy atom. The molecule has 0 unspecified atom stereocenters. The zero-order valence-corrected chi connectivity index (χ0v) is 11.3. The number of carbonyl (C=O) groups excluding carboxylic acids is 2. The molecule has 0 radical (unpaired) electrons. The van der Waals surface area contributed by atoms with Crippen molar-refractivity contribution in [3.63, 3.8) is 0 Å². The molecule has 0 N–H and O–H groups in total. The number of hydrogen-bond acceptors (Lipinski definition) is 3. The van der Waals surface area contributed by atoms with Crippen molar-refractivity contribution in [3.8, 4) is 0 Å². The van der Waals surface area contributed by atoms with Gasteiger partial charge in [0.05, 0.1) is 6.61 Å². The number of ketones is 1. The van der Waals surface area contributed by atoms with Gasteiger partial charge in [-0.15, -0.1) is 0 Å². The zero-order chi connectivity index (χ0) is 12.9. The van der Waals surface area contributed by atoms with Crippen molar-refractivity contribution >= 4 is 11.8 Å². The van der Waals surface area contributed by atoms with Crippen molar-refractivity contribution in [2.75, 3.05) is 6.61 Å². The third-order valence-corrected chi connectivity index (χ3v) is 2.72. The quantitative estimate of drug-likeness (QED) is 0.315. The maximum atomic E-state index is 11.4. The van der Waals surface area contributed by atoms with E-state index in [0.29, 0.717) is 13.0 Å². The van der Waals surface area contributed by atoms with Gasteiger partial charge in [0.2, 0.25) is 5.78 Å². The minimum Gasteiger partial charge on any atom is -0.460 e. The van der Waals surface area contributed by atoms with Crippen LogP contribution in [0.3, 0.4) is 0 Å². The molecule has 17 heavy (non-hydrogen) atoms. The number of hydrogen-bond donors (Lipinski definition) is 0. The predicted molar refractivity (Wildman–Crippen MR) is 68.9 cm³/mol. The maximum absolute atomic E-state index is 11.4. The van der Waals surface area contributed by atoms with Crippen LogP contribution in [0.15, 0.2) is 0 Å². The van der Waals surface area contributed by atoms with E-state index in [1.807, 2.05) is 6.92 Å². The van der Waals surface area contributed by atoms with E-state index in [0.717, 1.165) is 32.1 Å². The van der Waals surface area contributed by atoms with Crippen molar-refractivity contribution in [2.45, 2.75) is 71.6 Å². The summed E-state index contributed by atoms with van der Waals surface area (Å²) < 4.78 is 4.85. The van der Waals surface area contributed by atoms with Crippen LogP contribution in [0.2, 0.25) is 0 Å². The summed E-state index contributed by atoms with van der Waals surface area (Å²) in [4.78, 5) is 22.6. The smallest absolute Gasteiger partial charge is 0.374 e. The molecule has 0 saturated heterocycles. The summed E-state index contributed by atoms with van der Waals surface area (Å²) in [6.07, 6.45) is 8.86. The number of unbranched alkanes of at least 4 members (excludes halogenated alkanes) is 6. The second kappa shape index (κ2) is 11.6. The van der Waals surface area contributed by atoms with Gasteiger partial charge in [-0.2, -0.15) is 0 Å². The minimum absolute atomic E-state index is 0.344. The van der Waals surface area contributed by atoms with E-state index in [-0.39, 0.29) is 5.78 Å². The SMILES string of the molecule is CCCCCCCCC(=O)C(=O)OCCCC. The van der Waals surface area contributed by atoms with Crippen LogP contribution >= 0.6 is 0 Å². The summed E-state index contributed by atoms with van der Waals surface area (Å²) >= 11 is 0. The molecule has 0 atom stereocenters. The molecule has 0 rings (SSSR count). The van der Waals surface area contributed by atoms with Crippen molar-refractivity contribution in [1.82, 2.24) is 0 Å². The summed E-state index contributed by atoms with van der Waals surface area (Å²) in [6.45, 7) is 4.57. The molecular formula is C14H26O3. The van der Waals surface area contributed by atoms with Crippen molar-refractivity contribution < 1.29 is 14.3 Å². The first-order valence-corrected chi connectivity index (χ1v) is 6.92. The van der Waals surface area contributed by atoms with Gasteiger partial charge in [0.1, 0.15) is 0 Å². The zero-order valence-electron chi connectivity index (χ0n) is 11.3. The van der Waals surface area contributed by atoms with Gasteiger partial charge >= 0.3 is 5.97 Å². The van der Waals surface area contributed by atoms with Crippen LogP contribution in [0.25, 0.3) is 0 Å². The van der Waals surface area contributed by atoms with Gasteiger partial charge in [-0.25, -0.2) is 4.79 Å². The van der Waals surface area contributed by atoms with E-state index in [4.69, 9.17) is 4.74 Å². The standard InChI is InChI=1S/C14H26O3/c1-3-5-7-8-9-10-11-13(15)14(16)17-12-6-4-2/h3-12H2,1-2H3. The summed E-state index contributed by atoms with van der Waals surface area (Å²) in [5, 5.41) is 0. The molecule has 0 heterocycles. The maximum Gasteiger partial charge on any atom is 0.374 e. The lowest BCUT2D eigenvalue weighted by molar-refractivity contribution is -0.154. The summed E-state index contributed by atoms with van der Waals surface area (Å²) in [6, 6.07) is 0. The molecule has 3 nitrogen and oxygen atoms in total. The average molecular weight is 242 g/mol. The molecule has 3 heteroatoms. The molecule has 0 aromatic heterocycles. The lowest BCUT2D eigenvalue weighted by Crippen LogP contribution is -2.17. The highest BCUT2D eigenvalue weighted by Crippen LogP contribution is 2.07. The van der Waals surface area contributed by atoms with E-state index >= 15 is 0 Å². The lowest BCUT2D eigenvalue weighted by atomic mass is 10.1. The predicted octanol–water partition coefficient (Wildman–Crippen LogP) is 3.65. The topological polar surface area (TPSA) is 43.4 Å². The second-order valence-corrected chi connectivity index (χ2v) is 4.43. The number of Topliss-reactive ketones (excluding diaryl/α,β-unsaturated/α-hetero) is 1. The number of rotatable bonds is 11. The van der Waals surface area contributed by atoms with Gasteiger partial charge in [0.15, 0.2) is 0 Å². The van der Waals surface area contributed by atoms with E-state index in [1.54, 1.807) is 0 Å². The first kappa shape index (κ1) is 16.1. The number of ether oxygens (including phenoxy) is 1.